The van der Waals surface area contributed by atoms with Gasteiger partial charge in [-0.05, 0) is 30.7 Å². The van der Waals surface area contributed by atoms with Crippen LogP contribution in [0.15, 0.2) is 53.2 Å². The van der Waals surface area contributed by atoms with Gasteiger partial charge in [-0.15, -0.1) is 0 Å². The van der Waals surface area contributed by atoms with Gasteiger partial charge in [0.15, 0.2) is 17.2 Å². The van der Waals surface area contributed by atoms with Crippen LogP contribution in [0.3, 0.4) is 0 Å². The molecule has 4 aromatic rings. The second-order valence-electron chi connectivity index (χ2n) is 5.58. The molecule has 0 aliphatic heterocycles. The van der Waals surface area contributed by atoms with Crippen LogP contribution in [-0.2, 0) is 0 Å². The fraction of sp³-hybridized carbons (Fsp3) is 0.0588. The molecule has 0 atom stereocenters. The number of aromatic nitrogens is 3. The highest BCUT2D eigenvalue weighted by molar-refractivity contribution is 5.82. The monoisotopic (exact) mass is 323 g/mol. The molecule has 3 heterocycles. The molecule has 6 nitrogen and oxygen atoms in total. The first kappa shape index (κ1) is 14.3. The van der Waals surface area contributed by atoms with E-state index in [0.29, 0.717) is 16.9 Å². The van der Waals surface area contributed by atoms with Gasteiger partial charge in [0.1, 0.15) is 5.52 Å². The molecule has 4 rings (SSSR count). The number of pyridine rings is 1. The van der Waals surface area contributed by atoms with Crippen molar-refractivity contribution in [2.75, 3.05) is 11.1 Å². The van der Waals surface area contributed by atoms with Crippen LogP contribution in [0.5, 0.6) is 0 Å². The largest absolute Gasteiger partial charge is 0.421 e. The molecular weight excluding hydrogens is 309 g/mol. The van der Waals surface area contributed by atoms with E-state index < -0.39 is 5.82 Å². The van der Waals surface area contributed by atoms with Crippen LogP contribution >= 0.6 is 0 Å². The van der Waals surface area contributed by atoms with Crippen LogP contribution in [0.1, 0.15) is 6.92 Å². The molecule has 120 valence electrons. The maximum absolute atomic E-state index is 14.2. The SMILES string of the molecule is C=C(C)Nc1cc2ccc(-c3cc(F)c4oc(N)nc4c3)cn2n1. The number of nitrogen functional groups attached to an aromatic ring is 1. The van der Waals surface area contributed by atoms with Crippen LogP contribution < -0.4 is 11.1 Å². The zero-order valence-electron chi connectivity index (χ0n) is 12.9. The molecule has 0 radical (unpaired) electrons. The molecule has 0 spiro atoms. The van der Waals surface area contributed by atoms with Crippen LogP contribution in [0, 0.1) is 5.82 Å². The van der Waals surface area contributed by atoms with Gasteiger partial charge in [-0.3, -0.25) is 0 Å². The van der Waals surface area contributed by atoms with E-state index in [4.69, 9.17) is 10.2 Å². The lowest BCUT2D eigenvalue weighted by Gasteiger charge is -2.03. The Morgan fingerprint density at radius 3 is 2.92 bits per heavy atom. The maximum Gasteiger partial charge on any atom is 0.293 e. The van der Waals surface area contributed by atoms with Crippen molar-refractivity contribution in [3.8, 4) is 11.1 Å². The summed E-state index contributed by atoms with van der Waals surface area (Å²) in [5.41, 5.74) is 9.11. The normalized spacial score (nSPS) is 11.2. The Balaban J connectivity index is 1.82. The van der Waals surface area contributed by atoms with Gasteiger partial charge in [-0.2, -0.15) is 10.1 Å². The number of halogens is 1. The second-order valence-corrected chi connectivity index (χ2v) is 5.58. The van der Waals surface area contributed by atoms with E-state index in [2.05, 4.69) is 22.0 Å². The van der Waals surface area contributed by atoms with E-state index in [1.165, 1.54) is 6.07 Å². The average molecular weight is 323 g/mol. The molecule has 24 heavy (non-hydrogen) atoms. The summed E-state index contributed by atoms with van der Waals surface area (Å²) in [6.45, 7) is 5.66. The zero-order valence-corrected chi connectivity index (χ0v) is 12.9. The summed E-state index contributed by atoms with van der Waals surface area (Å²) in [5.74, 6) is 0.197. The van der Waals surface area contributed by atoms with Gasteiger partial charge in [0.2, 0.25) is 0 Å². The van der Waals surface area contributed by atoms with E-state index in [1.807, 2.05) is 31.3 Å². The third kappa shape index (κ3) is 2.36. The number of allylic oxidation sites excluding steroid dienone is 1. The first-order chi connectivity index (χ1) is 11.5. The van der Waals surface area contributed by atoms with Crippen LogP contribution in [-0.4, -0.2) is 14.6 Å². The standard InChI is InChI=1S/C17H14FN5O/c1-9(2)20-15-7-12-4-3-10(8-23(12)22-15)11-5-13(18)16-14(6-11)21-17(19)24-16/h3-8H,1H2,2H3,(H2,19,21)(H,20,22). The van der Waals surface area contributed by atoms with Gasteiger partial charge < -0.3 is 15.5 Å². The molecule has 1 aromatic carbocycles. The molecule has 0 aliphatic carbocycles. The fourth-order valence-corrected chi connectivity index (χ4v) is 2.61. The molecule has 0 amide bonds. The second kappa shape index (κ2) is 5.09. The Kier molecular flexibility index (Phi) is 3.02. The lowest BCUT2D eigenvalue weighted by molar-refractivity contribution is 0.568. The summed E-state index contributed by atoms with van der Waals surface area (Å²) in [5, 5.41) is 7.49. The van der Waals surface area contributed by atoms with E-state index >= 15 is 0 Å². The molecule has 3 N–H and O–H groups in total. The molecule has 7 heteroatoms. The van der Waals surface area contributed by atoms with Gasteiger partial charge in [-0.25, -0.2) is 8.91 Å². The number of benzene rings is 1. The van der Waals surface area contributed by atoms with Crippen molar-refractivity contribution in [1.82, 2.24) is 14.6 Å². The molecule has 3 aromatic heterocycles. The number of nitrogens with one attached hydrogen (secondary N) is 1. The lowest BCUT2D eigenvalue weighted by atomic mass is 10.1. The van der Waals surface area contributed by atoms with E-state index in [0.717, 1.165) is 16.8 Å². The number of rotatable bonds is 3. The van der Waals surface area contributed by atoms with Crippen molar-refractivity contribution >= 4 is 28.4 Å². The number of fused-ring (bicyclic) bond motifs is 2. The van der Waals surface area contributed by atoms with Gasteiger partial charge in [0.25, 0.3) is 6.01 Å². The number of oxazole rings is 1. The molecule has 0 saturated carbocycles. The van der Waals surface area contributed by atoms with Crippen molar-refractivity contribution in [1.29, 1.82) is 0 Å². The lowest BCUT2D eigenvalue weighted by Crippen LogP contribution is -1.95. The first-order valence-corrected chi connectivity index (χ1v) is 7.27. The maximum atomic E-state index is 14.2. The molecule has 0 aliphatic rings. The Morgan fingerprint density at radius 1 is 1.29 bits per heavy atom. The first-order valence-electron chi connectivity index (χ1n) is 7.27. The van der Waals surface area contributed by atoms with Gasteiger partial charge in [-0.1, -0.05) is 12.6 Å². The molecular formula is C17H14FN5O. The highest BCUT2D eigenvalue weighted by Gasteiger charge is 2.12. The Labute approximate surface area is 136 Å². The summed E-state index contributed by atoms with van der Waals surface area (Å²) in [6, 6.07) is 8.77. The van der Waals surface area contributed by atoms with E-state index in [1.54, 1.807) is 10.6 Å². The number of hydrogen-bond acceptors (Lipinski definition) is 5. The number of nitrogens with zero attached hydrogens (tertiary/aromatic N) is 3. The predicted molar refractivity (Wildman–Crippen MR) is 91.0 cm³/mol. The van der Waals surface area contributed by atoms with Crippen molar-refractivity contribution in [2.45, 2.75) is 6.92 Å². The zero-order chi connectivity index (χ0) is 16.8. The minimum Gasteiger partial charge on any atom is -0.421 e. The minimum absolute atomic E-state index is 0.0564. The van der Waals surface area contributed by atoms with Crippen molar-refractivity contribution < 1.29 is 8.81 Å². The Hall–Kier alpha value is -3.35. The van der Waals surface area contributed by atoms with Crippen LogP contribution in [0.4, 0.5) is 16.2 Å². The summed E-state index contributed by atoms with van der Waals surface area (Å²) < 4.78 is 21.0. The molecule has 0 bridgehead atoms. The summed E-state index contributed by atoms with van der Waals surface area (Å²) in [4.78, 5) is 3.99. The third-order valence-corrected chi connectivity index (χ3v) is 3.60. The number of anilines is 2. The number of nitrogens with two attached hydrogens (primary N) is 1. The van der Waals surface area contributed by atoms with E-state index in [-0.39, 0.29) is 11.6 Å². The van der Waals surface area contributed by atoms with Crippen molar-refractivity contribution in [2.24, 2.45) is 0 Å². The van der Waals surface area contributed by atoms with Crippen molar-refractivity contribution in [3.05, 3.63) is 54.6 Å². The smallest absolute Gasteiger partial charge is 0.293 e. The van der Waals surface area contributed by atoms with Crippen LogP contribution in [0.2, 0.25) is 0 Å². The van der Waals surface area contributed by atoms with Gasteiger partial charge >= 0.3 is 0 Å². The third-order valence-electron chi connectivity index (χ3n) is 3.60. The van der Waals surface area contributed by atoms with Gasteiger partial charge in [0, 0.05) is 23.5 Å². The summed E-state index contributed by atoms with van der Waals surface area (Å²) in [6.07, 6.45) is 1.82. The van der Waals surface area contributed by atoms with Crippen molar-refractivity contribution in [3.63, 3.8) is 0 Å². The van der Waals surface area contributed by atoms with E-state index in [9.17, 15) is 4.39 Å². The van der Waals surface area contributed by atoms with Gasteiger partial charge in [0.05, 0.1) is 5.52 Å². The number of hydrogen-bond donors (Lipinski definition) is 2. The average Bonchev–Trinajstić information content (AvgIpc) is 3.07. The Bertz CT molecular complexity index is 1100. The minimum atomic E-state index is -0.503. The quantitative estimate of drug-likeness (QED) is 0.599. The molecule has 0 fully saturated rings. The molecule has 0 saturated heterocycles. The summed E-state index contributed by atoms with van der Waals surface area (Å²) >= 11 is 0. The highest BCUT2D eigenvalue weighted by Crippen LogP contribution is 2.28. The highest BCUT2D eigenvalue weighted by atomic mass is 19.1. The predicted octanol–water partition coefficient (Wildman–Crippen LogP) is 3.81. The topological polar surface area (TPSA) is 81.4 Å². The van der Waals surface area contributed by atoms with Crippen LogP contribution in [0.25, 0.3) is 27.7 Å². The summed E-state index contributed by atoms with van der Waals surface area (Å²) in [7, 11) is 0. The Morgan fingerprint density at radius 2 is 2.12 bits per heavy atom. The fourth-order valence-electron chi connectivity index (χ4n) is 2.61. The molecule has 0 unspecified atom stereocenters.